The molecule has 0 bridgehead atoms. The lowest BCUT2D eigenvalue weighted by molar-refractivity contribution is -0.173. The first kappa shape index (κ1) is 15.6. The molecular weight excluding hydrogens is 247 g/mol. The molecule has 19 heavy (non-hydrogen) atoms. The Bertz CT molecular complexity index is 456. The average molecular weight is 268 g/mol. The van der Waals surface area contributed by atoms with Crippen LogP contribution in [0.15, 0.2) is 24.3 Å². The van der Waals surface area contributed by atoms with Crippen molar-refractivity contribution in [1.82, 2.24) is 0 Å². The molecule has 4 heteroatoms. The maximum Gasteiger partial charge on any atom is 0.314 e. The van der Waals surface area contributed by atoms with E-state index in [2.05, 4.69) is 0 Å². The summed E-state index contributed by atoms with van der Waals surface area (Å²) in [5, 5.41) is 10.9. The summed E-state index contributed by atoms with van der Waals surface area (Å²) in [7, 11) is 0. The number of ether oxygens (including phenoxy) is 1. The fraction of sp³-hybridized carbons (Fsp3) is 0.533. The first-order chi connectivity index (χ1) is 8.79. The van der Waals surface area contributed by atoms with Gasteiger partial charge in [-0.15, -0.1) is 0 Å². The molecule has 1 unspecified atom stereocenters. The Balaban J connectivity index is 3.26. The topological polar surface area (TPSA) is 46.5 Å². The summed E-state index contributed by atoms with van der Waals surface area (Å²) < 4.78 is 18.4. The molecule has 1 rings (SSSR count). The molecule has 1 N–H and O–H groups in total. The predicted molar refractivity (Wildman–Crippen MR) is 71.0 cm³/mol. The van der Waals surface area contributed by atoms with Gasteiger partial charge in [0.05, 0.1) is 12.0 Å². The zero-order valence-electron chi connectivity index (χ0n) is 11.9. The maximum absolute atomic E-state index is 13.3. The Kier molecular flexibility index (Phi) is 4.69. The molecule has 1 atom stereocenters. The van der Waals surface area contributed by atoms with Gasteiger partial charge in [0.1, 0.15) is 11.4 Å². The van der Waals surface area contributed by atoms with Crippen LogP contribution in [0.4, 0.5) is 4.39 Å². The minimum atomic E-state index is -1.47. The highest BCUT2D eigenvalue weighted by Crippen LogP contribution is 2.43. The summed E-state index contributed by atoms with van der Waals surface area (Å²) >= 11 is 0. The van der Waals surface area contributed by atoms with Gasteiger partial charge in [-0.2, -0.15) is 0 Å². The molecule has 0 fully saturated rings. The van der Waals surface area contributed by atoms with Gasteiger partial charge in [-0.1, -0.05) is 19.1 Å². The lowest BCUT2D eigenvalue weighted by atomic mass is 9.69. The Morgan fingerprint density at radius 2 is 2.00 bits per heavy atom. The predicted octanol–water partition coefficient (Wildman–Crippen LogP) is 3.01. The zero-order chi connectivity index (χ0) is 14.7. The summed E-state index contributed by atoms with van der Waals surface area (Å²) in [6.07, 6.45) is 0.280. The molecule has 3 nitrogen and oxygen atoms in total. The molecule has 1 aromatic carbocycles. The number of aliphatic hydroxyl groups is 1. The van der Waals surface area contributed by atoms with Crippen molar-refractivity contribution in [3.05, 3.63) is 35.6 Å². The van der Waals surface area contributed by atoms with Crippen molar-refractivity contribution in [1.29, 1.82) is 0 Å². The second-order valence-corrected chi connectivity index (χ2v) is 5.07. The number of hydrogen-bond acceptors (Lipinski definition) is 3. The summed E-state index contributed by atoms with van der Waals surface area (Å²) in [6.45, 7) is 6.93. The first-order valence-electron chi connectivity index (χ1n) is 6.45. The van der Waals surface area contributed by atoms with E-state index in [9.17, 15) is 14.3 Å². The van der Waals surface area contributed by atoms with Crippen LogP contribution < -0.4 is 0 Å². The van der Waals surface area contributed by atoms with E-state index >= 15 is 0 Å². The Labute approximate surface area is 113 Å². The monoisotopic (exact) mass is 268 g/mol. The van der Waals surface area contributed by atoms with Gasteiger partial charge in [0.2, 0.25) is 0 Å². The highest BCUT2D eigenvalue weighted by molar-refractivity contribution is 5.78. The summed E-state index contributed by atoms with van der Waals surface area (Å²) in [6, 6.07) is 5.70. The van der Waals surface area contributed by atoms with E-state index in [1.807, 2.05) is 0 Å². The number of halogens is 1. The number of hydrogen-bond donors (Lipinski definition) is 1. The van der Waals surface area contributed by atoms with Crippen LogP contribution in [0.2, 0.25) is 0 Å². The van der Waals surface area contributed by atoms with E-state index in [1.165, 1.54) is 18.2 Å². The highest BCUT2D eigenvalue weighted by Gasteiger charge is 2.50. The third-order valence-electron chi connectivity index (χ3n) is 3.63. The quantitative estimate of drug-likeness (QED) is 0.835. The minimum Gasteiger partial charge on any atom is -0.465 e. The number of carbonyl (C=O) groups is 1. The van der Waals surface area contributed by atoms with Gasteiger partial charge < -0.3 is 9.84 Å². The normalized spacial score (nSPS) is 14.8. The molecule has 0 radical (unpaired) electrons. The molecule has 0 amide bonds. The molecule has 0 aliphatic heterocycles. The van der Waals surface area contributed by atoms with Gasteiger partial charge >= 0.3 is 5.97 Å². The van der Waals surface area contributed by atoms with E-state index in [1.54, 1.807) is 33.8 Å². The summed E-state index contributed by atoms with van der Waals surface area (Å²) in [5.74, 6) is -0.937. The SMILES string of the molecule is CCOC(=O)C(C)(C)C(O)(CC)c1cccc(F)c1. The van der Waals surface area contributed by atoms with E-state index in [4.69, 9.17) is 4.74 Å². The zero-order valence-corrected chi connectivity index (χ0v) is 11.9. The second kappa shape index (κ2) is 5.70. The summed E-state index contributed by atoms with van der Waals surface area (Å²) in [5.41, 5.74) is -2.25. The van der Waals surface area contributed by atoms with Crippen molar-refractivity contribution in [2.24, 2.45) is 5.41 Å². The molecule has 0 saturated heterocycles. The third kappa shape index (κ3) is 2.78. The third-order valence-corrected chi connectivity index (χ3v) is 3.63. The van der Waals surface area contributed by atoms with Crippen LogP contribution >= 0.6 is 0 Å². The lowest BCUT2D eigenvalue weighted by Gasteiger charge is -2.40. The van der Waals surface area contributed by atoms with Crippen LogP contribution in [0.3, 0.4) is 0 Å². The number of esters is 1. The van der Waals surface area contributed by atoms with Crippen molar-refractivity contribution in [2.45, 2.75) is 39.7 Å². The number of benzene rings is 1. The Morgan fingerprint density at radius 3 is 2.47 bits per heavy atom. The second-order valence-electron chi connectivity index (χ2n) is 5.07. The van der Waals surface area contributed by atoms with E-state index in [-0.39, 0.29) is 13.0 Å². The van der Waals surface area contributed by atoms with Crippen molar-refractivity contribution in [3.8, 4) is 0 Å². The van der Waals surface area contributed by atoms with Crippen LogP contribution in [-0.2, 0) is 15.1 Å². The van der Waals surface area contributed by atoms with Crippen molar-refractivity contribution < 1.29 is 19.0 Å². The standard InChI is InChI=1S/C15H21FO3/c1-5-15(18,11-8-7-9-12(16)10-11)14(3,4)13(17)19-6-2/h7-10,18H,5-6H2,1-4H3. The van der Waals surface area contributed by atoms with Crippen molar-refractivity contribution in [2.75, 3.05) is 6.61 Å². The lowest BCUT2D eigenvalue weighted by Crippen LogP contribution is -2.47. The number of rotatable bonds is 5. The van der Waals surface area contributed by atoms with Gasteiger partial charge in [0.15, 0.2) is 0 Å². The smallest absolute Gasteiger partial charge is 0.314 e. The fourth-order valence-corrected chi connectivity index (χ4v) is 2.23. The Hall–Kier alpha value is -1.42. The molecule has 1 aromatic rings. The molecule has 106 valence electrons. The Morgan fingerprint density at radius 1 is 1.37 bits per heavy atom. The summed E-state index contributed by atoms with van der Waals surface area (Å²) in [4.78, 5) is 12.1. The van der Waals surface area contributed by atoms with Gasteiger partial charge in [0.25, 0.3) is 0 Å². The maximum atomic E-state index is 13.3. The molecule has 0 aliphatic rings. The molecule has 0 heterocycles. The van der Waals surface area contributed by atoms with Crippen LogP contribution in [0.1, 0.15) is 39.7 Å². The molecule has 0 saturated carbocycles. The van der Waals surface area contributed by atoms with Gasteiger partial charge in [0, 0.05) is 0 Å². The van der Waals surface area contributed by atoms with Crippen LogP contribution in [-0.4, -0.2) is 17.7 Å². The van der Waals surface area contributed by atoms with Crippen LogP contribution in [0.25, 0.3) is 0 Å². The minimum absolute atomic E-state index is 0.241. The van der Waals surface area contributed by atoms with Crippen LogP contribution in [0, 0.1) is 11.2 Å². The van der Waals surface area contributed by atoms with Crippen molar-refractivity contribution >= 4 is 5.97 Å². The largest absolute Gasteiger partial charge is 0.465 e. The molecule has 0 spiro atoms. The van der Waals surface area contributed by atoms with Gasteiger partial charge in [-0.05, 0) is 44.9 Å². The molecular formula is C15H21FO3. The first-order valence-corrected chi connectivity index (χ1v) is 6.45. The number of carbonyl (C=O) groups excluding carboxylic acids is 1. The van der Waals surface area contributed by atoms with Crippen molar-refractivity contribution in [3.63, 3.8) is 0 Å². The average Bonchev–Trinajstić information content (AvgIpc) is 2.37. The van der Waals surface area contributed by atoms with Gasteiger partial charge in [-0.3, -0.25) is 4.79 Å². The highest BCUT2D eigenvalue weighted by atomic mass is 19.1. The molecule has 0 aromatic heterocycles. The fourth-order valence-electron chi connectivity index (χ4n) is 2.23. The van der Waals surface area contributed by atoms with E-state index in [0.29, 0.717) is 5.56 Å². The van der Waals surface area contributed by atoms with E-state index < -0.39 is 22.8 Å². The van der Waals surface area contributed by atoms with Gasteiger partial charge in [-0.25, -0.2) is 4.39 Å². The van der Waals surface area contributed by atoms with E-state index in [0.717, 1.165) is 0 Å². The van der Waals surface area contributed by atoms with Crippen LogP contribution in [0.5, 0.6) is 0 Å². The molecule has 0 aliphatic carbocycles.